The Bertz CT molecular complexity index is 1180. The molecule has 1 amide bonds. The summed E-state index contributed by atoms with van der Waals surface area (Å²) in [5, 5.41) is 3.86. The Kier molecular flexibility index (Phi) is 6.34. The maximum Gasteiger partial charge on any atom is 0.224 e. The van der Waals surface area contributed by atoms with Gasteiger partial charge in [0.15, 0.2) is 5.78 Å². The van der Waals surface area contributed by atoms with E-state index in [2.05, 4.69) is 24.4 Å². The molecule has 31 heavy (non-hydrogen) atoms. The second-order valence-corrected chi connectivity index (χ2v) is 8.41. The van der Waals surface area contributed by atoms with Crippen molar-refractivity contribution in [1.29, 1.82) is 0 Å². The average molecular weight is 427 g/mol. The summed E-state index contributed by atoms with van der Waals surface area (Å²) in [6, 6.07) is 26.8. The number of carbonyl (C=O) groups is 2. The van der Waals surface area contributed by atoms with E-state index in [-0.39, 0.29) is 24.5 Å². The van der Waals surface area contributed by atoms with Crippen LogP contribution in [0.3, 0.4) is 0 Å². The molecule has 0 spiro atoms. The van der Waals surface area contributed by atoms with Crippen molar-refractivity contribution in [2.45, 2.75) is 19.8 Å². The van der Waals surface area contributed by atoms with Gasteiger partial charge in [-0.3, -0.25) is 9.59 Å². The zero-order valence-corrected chi connectivity index (χ0v) is 18.0. The van der Waals surface area contributed by atoms with Crippen molar-refractivity contribution < 1.29 is 9.59 Å². The van der Waals surface area contributed by atoms with Crippen molar-refractivity contribution in [1.82, 2.24) is 4.98 Å². The first-order valence-electron chi connectivity index (χ1n) is 10.1. The van der Waals surface area contributed by atoms with Gasteiger partial charge >= 0.3 is 0 Å². The van der Waals surface area contributed by atoms with Gasteiger partial charge in [0.25, 0.3) is 0 Å². The molecule has 4 rings (SSSR count). The van der Waals surface area contributed by atoms with Crippen LogP contribution in [0.5, 0.6) is 0 Å². The number of amides is 1. The van der Waals surface area contributed by atoms with E-state index < -0.39 is 0 Å². The number of benzene rings is 3. The maximum atomic E-state index is 12.2. The van der Waals surface area contributed by atoms with Crippen LogP contribution in [-0.4, -0.2) is 16.7 Å². The van der Waals surface area contributed by atoms with Crippen molar-refractivity contribution >= 4 is 28.7 Å². The van der Waals surface area contributed by atoms with E-state index in [1.165, 1.54) is 0 Å². The van der Waals surface area contributed by atoms with Gasteiger partial charge in [-0.1, -0.05) is 72.8 Å². The molecule has 154 valence electrons. The van der Waals surface area contributed by atoms with Gasteiger partial charge in [-0.2, -0.15) is 0 Å². The minimum absolute atomic E-state index is 0.0284. The molecule has 0 unspecified atom stereocenters. The lowest BCUT2D eigenvalue weighted by atomic mass is 10.1. The number of rotatable bonds is 7. The fraction of sp³-hybridized carbons (Fsp3) is 0.115. The number of anilines is 1. The van der Waals surface area contributed by atoms with Crippen LogP contribution in [-0.2, 0) is 4.79 Å². The molecule has 0 aliphatic carbocycles. The van der Waals surface area contributed by atoms with Crippen molar-refractivity contribution in [3.8, 4) is 21.8 Å². The number of nitrogens with zero attached hydrogens (tertiary/aromatic N) is 1. The summed E-state index contributed by atoms with van der Waals surface area (Å²) in [5.74, 6) is -0.201. The van der Waals surface area contributed by atoms with Gasteiger partial charge < -0.3 is 5.32 Å². The molecule has 1 aromatic heterocycles. The zero-order valence-electron chi connectivity index (χ0n) is 17.2. The third-order valence-electron chi connectivity index (χ3n) is 4.93. The van der Waals surface area contributed by atoms with Crippen LogP contribution in [0.15, 0.2) is 84.9 Å². The first-order valence-corrected chi connectivity index (χ1v) is 10.9. The fourth-order valence-corrected chi connectivity index (χ4v) is 4.24. The van der Waals surface area contributed by atoms with Crippen molar-refractivity contribution in [3.05, 3.63) is 95.4 Å². The van der Waals surface area contributed by atoms with Crippen LogP contribution in [0.2, 0.25) is 0 Å². The second-order valence-electron chi connectivity index (χ2n) is 7.20. The summed E-state index contributed by atoms with van der Waals surface area (Å²) in [6.45, 7) is 2.07. The van der Waals surface area contributed by atoms with Gasteiger partial charge in [0.1, 0.15) is 5.01 Å². The summed E-state index contributed by atoms with van der Waals surface area (Å²) in [4.78, 5) is 30.4. The van der Waals surface area contributed by atoms with Crippen molar-refractivity contribution in [3.63, 3.8) is 0 Å². The van der Waals surface area contributed by atoms with Crippen LogP contribution in [0.4, 0.5) is 5.69 Å². The molecule has 0 aliphatic heterocycles. The highest BCUT2D eigenvalue weighted by molar-refractivity contribution is 7.15. The van der Waals surface area contributed by atoms with E-state index in [9.17, 15) is 9.59 Å². The largest absolute Gasteiger partial charge is 0.326 e. The monoisotopic (exact) mass is 426 g/mol. The number of Topliss-reactive ketones (excluding diaryl/α,β-unsaturated/α-hetero) is 1. The fourth-order valence-electron chi connectivity index (χ4n) is 3.30. The van der Waals surface area contributed by atoms with E-state index >= 15 is 0 Å². The van der Waals surface area contributed by atoms with Gasteiger partial charge in [-0.15, -0.1) is 11.3 Å². The Morgan fingerprint density at radius 3 is 2.13 bits per heavy atom. The Labute approximate surface area is 185 Å². The lowest BCUT2D eigenvalue weighted by Gasteiger charge is -2.06. The highest BCUT2D eigenvalue weighted by atomic mass is 32.1. The minimum atomic E-state index is -0.173. The molecule has 0 aliphatic rings. The van der Waals surface area contributed by atoms with E-state index in [0.717, 1.165) is 26.7 Å². The van der Waals surface area contributed by atoms with E-state index in [0.29, 0.717) is 11.3 Å². The Morgan fingerprint density at radius 2 is 1.45 bits per heavy atom. The SMILES string of the molecule is Cc1sc(-c2ccccc2)nc1-c1ccc(NC(=O)CCC(=O)c2ccccc2)cc1. The van der Waals surface area contributed by atoms with Gasteiger partial charge in [-0.25, -0.2) is 4.98 Å². The normalized spacial score (nSPS) is 10.6. The third kappa shape index (κ3) is 5.13. The summed E-state index contributed by atoms with van der Waals surface area (Å²) in [5.41, 5.74) is 4.41. The van der Waals surface area contributed by atoms with Crippen LogP contribution in [0, 0.1) is 6.92 Å². The third-order valence-corrected chi connectivity index (χ3v) is 5.95. The van der Waals surface area contributed by atoms with E-state index in [4.69, 9.17) is 4.98 Å². The average Bonchev–Trinajstić information content (AvgIpc) is 3.21. The predicted octanol–water partition coefficient (Wildman–Crippen LogP) is 6.39. The highest BCUT2D eigenvalue weighted by Gasteiger charge is 2.12. The Morgan fingerprint density at radius 1 is 0.806 bits per heavy atom. The minimum Gasteiger partial charge on any atom is -0.326 e. The topological polar surface area (TPSA) is 59.1 Å². The predicted molar refractivity (Wildman–Crippen MR) is 126 cm³/mol. The highest BCUT2D eigenvalue weighted by Crippen LogP contribution is 2.33. The van der Waals surface area contributed by atoms with Gasteiger partial charge in [0.2, 0.25) is 5.91 Å². The van der Waals surface area contributed by atoms with Gasteiger partial charge in [-0.05, 0) is 19.1 Å². The van der Waals surface area contributed by atoms with Crippen LogP contribution < -0.4 is 5.32 Å². The number of nitrogens with one attached hydrogen (secondary N) is 1. The molecule has 3 aromatic carbocycles. The molecular formula is C26H22N2O2S. The number of aryl methyl sites for hydroxylation is 1. The first kappa shape index (κ1) is 20.7. The Balaban J connectivity index is 1.38. The molecule has 4 nitrogen and oxygen atoms in total. The smallest absolute Gasteiger partial charge is 0.224 e. The van der Waals surface area contributed by atoms with Crippen molar-refractivity contribution in [2.24, 2.45) is 0 Å². The number of aromatic nitrogens is 1. The number of carbonyl (C=O) groups excluding carboxylic acids is 2. The maximum absolute atomic E-state index is 12.2. The molecule has 0 saturated carbocycles. The molecule has 0 fully saturated rings. The molecule has 1 heterocycles. The summed E-state index contributed by atoms with van der Waals surface area (Å²) >= 11 is 1.67. The van der Waals surface area contributed by atoms with Gasteiger partial charge in [0.05, 0.1) is 5.69 Å². The number of ketones is 1. The van der Waals surface area contributed by atoms with Crippen LogP contribution in [0.1, 0.15) is 28.1 Å². The first-order chi connectivity index (χ1) is 15.1. The molecule has 4 aromatic rings. The molecule has 5 heteroatoms. The standard InChI is InChI=1S/C26H22N2O2S/c1-18-25(28-26(31-18)21-10-6-3-7-11-21)20-12-14-22(15-13-20)27-24(30)17-16-23(29)19-8-4-2-5-9-19/h2-15H,16-17H2,1H3,(H,27,30). The zero-order chi connectivity index (χ0) is 21.6. The molecule has 0 bridgehead atoms. The number of thiazole rings is 1. The molecule has 0 radical (unpaired) electrons. The van der Waals surface area contributed by atoms with Crippen molar-refractivity contribution in [2.75, 3.05) is 5.32 Å². The second kappa shape index (κ2) is 9.49. The van der Waals surface area contributed by atoms with E-state index in [1.54, 1.807) is 23.5 Å². The van der Waals surface area contributed by atoms with Crippen LogP contribution >= 0.6 is 11.3 Å². The molecular weight excluding hydrogens is 404 g/mol. The molecule has 0 atom stereocenters. The summed E-state index contributed by atoms with van der Waals surface area (Å²) < 4.78 is 0. The molecule has 0 saturated heterocycles. The Hall–Kier alpha value is -3.57. The van der Waals surface area contributed by atoms with E-state index in [1.807, 2.05) is 60.7 Å². The number of hydrogen-bond donors (Lipinski definition) is 1. The summed E-state index contributed by atoms with van der Waals surface area (Å²) in [6.07, 6.45) is 0.343. The number of hydrogen-bond acceptors (Lipinski definition) is 4. The lowest BCUT2D eigenvalue weighted by molar-refractivity contribution is -0.116. The lowest BCUT2D eigenvalue weighted by Crippen LogP contribution is -2.13. The van der Waals surface area contributed by atoms with Gasteiger partial charge in [0, 0.05) is 40.1 Å². The molecule has 1 N–H and O–H groups in total. The van der Waals surface area contributed by atoms with Crippen LogP contribution in [0.25, 0.3) is 21.8 Å². The quantitative estimate of drug-likeness (QED) is 0.349. The summed E-state index contributed by atoms with van der Waals surface area (Å²) in [7, 11) is 0.